The number of nitrogens with zero attached hydrogens (tertiary/aromatic N) is 2. The molecule has 61 valence electrons. The highest BCUT2D eigenvalue weighted by Crippen LogP contribution is 1.90. The quantitative estimate of drug-likeness (QED) is 0.489. The number of hydrazone groups is 1. The van der Waals surface area contributed by atoms with Gasteiger partial charge in [-0.3, -0.25) is 5.43 Å². The van der Waals surface area contributed by atoms with E-state index in [1.807, 2.05) is 0 Å². The van der Waals surface area contributed by atoms with Gasteiger partial charge in [0.2, 0.25) is 5.97 Å². The molecule has 0 aliphatic carbocycles. The van der Waals surface area contributed by atoms with Crippen molar-refractivity contribution in [2.24, 2.45) is 5.10 Å². The number of aliphatic hydroxyl groups excluding tert-OH is 1. The lowest BCUT2D eigenvalue weighted by molar-refractivity contribution is 0.121. The highest BCUT2D eigenvalue weighted by Gasteiger charge is 2.03. The first kappa shape index (κ1) is 7.96. The number of hydrogen-bond acceptors (Lipinski definition) is 5. The van der Waals surface area contributed by atoms with Gasteiger partial charge < -0.3 is 5.11 Å². The summed E-state index contributed by atoms with van der Waals surface area (Å²) in [6.45, 7) is 0.254. The van der Waals surface area contributed by atoms with Crippen molar-refractivity contribution in [3.05, 3.63) is 12.3 Å². The van der Waals surface area contributed by atoms with Crippen LogP contribution in [0.5, 0.6) is 0 Å². The Bertz CT molecular complexity index is 181. The van der Waals surface area contributed by atoms with Gasteiger partial charge in [-0.1, -0.05) is 0 Å². The predicted octanol–water partition coefficient (Wildman–Crippen LogP) is -1.10. The zero-order valence-corrected chi connectivity index (χ0v) is 5.71. The first-order valence-electron chi connectivity index (χ1n) is 3.06. The average molecular weight is 159 g/mol. The molecule has 0 atom stereocenters. The second-order valence-electron chi connectivity index (χ2n) is 1.77. The molecule has 1 radical (unpaired) electrons. The minimum atomic E-state index is -0.644. The summed E-state index contributed by atoms with van der Waals surface area (Å²) in [7, 11) is 0. The van der Waals surface area contributed by atoms with Crippen LogP contribution in [-0.4, -0.2) is 29.5 Å². The van der Waals surface area contributed by atoms with Gasteiger partial charge in [0.1, 0.15) is 0 Å². The summed E-state index contributed by atoms with van der Waals surface area (Å²) in [5.41, 5.74) is 5.03. The van der Waals surface area contributed by atoms with Crippen molar-refractivity contribution in [3.63, 3.8) is 0 Å². The molecule has 0 bridgehead atoms. The Kier molecular flexibility index (Phi) is 2.82. The number of aliphatic hydroxyl groups is 1. The van der Waals surface area contributed by atoms with Gasteiger partial charge in [0.15, 0.2) is 0 Å². The second kappa shape index (κ2) is 3.89. The lowest BCUT2D eigenvalue weighted by Gasteiger charge is -2.19. The molecule has 0 amide bonds. The average Bonchev–Trinajstić information content (AvgIpc) is 2.01. The van der Waals surface area contributed by atoms with Crippen molar-refractivity contribution in [1.29, 1.82) is 0 Å². The van der Waals surface area contributed by atoms with Crippen LogP contribution in [0.25, 0.3) is 0 Å². The van der Waals surface area contributed by atoms with Gasteiger partial charge in [-0.25, -0.2) is 0 Å². The molecular formula is C5H8FN4O. The third kappa shape index (κ3) is 2.52. The number of nitrogens with one attached hydrogen (secondary N) is 2. The molecular weight excluding hydrogens is 151 g/mol. The minimum absolute atomic E-state index is 0.0426. The third-order valence-corrected chi connectivity index (χ3v) is 0.931. The molecule has 1 heterocycles. The van der Waals surface area contributed by atoms with E-state index in [0.717, 1.165) is 11.3 Å². The first-order chi connectivity index (χ1) is 5.33. The largest absolute Gasteiger partial charge is 0.395 e. The van der Waals surface area contributed by atoms with E-state index >= 15 is 0 Å². The molecule has 1 aliphatic rings. The normalized spacial score (nSPS) is 16.2. The smallest absolute Gasteiger partial charge is 0.236 e. The maximum Gasteiger partial charge on any atom is 0.236 e. The maximum atomic E-state index is 12.3. The van der Waals surface area contributed by atoms with Crippen LogP contribution in [0.4, 0.5) is 4.39 Å². The molecule has 0 saturated carbocycles. The van der Waals surface area contributed by atoms with Crippen molar-refractivity contribution in [2.45, 2.75) is 0 Å². The van der Waals surface area contributed by atoms with Crippen LogP contribution < -0.4 is 10.9 Å². The Morgan fingerprint density at radius 2 is 2.73 bits per heavy atom. The lowest BCUT2D eigenvalue weighted by atomic mass is 10.6. The molecule has 11 heavy (non-hydrogen) atoms. The van der Waals surface area contributed by atoms with Gasteiger partial charge in [0.05, 0.1) is 12.8 Å². The summed E-state index contributed by atoms with van der Waals surface area (Å²) in [5, 5.41) is 12.8. The highest BCUT2D eigenvalue weighted by atomic mass is 19.1. The number of rotatable bonds is 3. The van der Waals surface area contributed by atoms with Gasteiger partial charge in [-0.2, -0.15) is 9.82 Å². The van der Waals surface area contributed by atoms with E-state index in [9.17, 15) is 4.39 Å². The van der Waals surface area contributed by atoms with Crippen molar-refractivity contribution in [2.75, 3.05) is 13.2 Å². The standard InChI is InChI=1S/C5H8FN4O/c6-5-1-2-7-10(9-5)8-3-4-11/h1,7-8,11H,3-4H2. The van der Waals surface area contributed by atoms with Crippen LogP contribution in [0.2, 0.25) is 0 Å². The molecule has 0 spiro atoms. The van der Waals surface area contributed by atoms with E-state index in [-0.39, 0.29) is 6.61 Å². The SMILES string of the molecule is OCCNN1N=C(F)C=[C]N1. The second-order valence-corrected chi connectivity index (χ2v) is 1.77. The van der Waals surface area contributed by atoms with Gasteiger partial charge >= 0.3 is 0 Å². The van der Waals surface area contributed by atoms with E-state index in [0.29, 0.717) is 6.54 Å². The fourth-order valence-electron chi connectivity index (χ4n) is 0.533. The number of hydrazine groups is 2. The number of allylic oxidation sites excluding steroid dienone is 1. The van der Waals surface area contributed by atoms with Crippen LogP contribution in [0.15, 0.2) is 11.2 Å². The Balaban J connectivity index is 2.31. The molecule has 1 aliphatic heterocycles. The predicted molar refractivity (Wildman–Crippen MR) is 36.4 cm³/mol. The van der Waals surface area contributed by atoms with E-state index in [1.165, 1.54) is 0 Å². The monoisotopic (exact) mass is 159 g/mol. The Morgan fingerprint density at radius 1 is 1.91 bits per heavy atom. The Labute approximate surface area is 63.1 Å². The van der Waals surface area contributed by atoms with Gasteiger partial charge in [0.25, 0.3) is 0 Å². The molecule has 1 rings (SSSR count). The van der Waals surface area contributed by atoms with Gasteiger partial charge in [0, 0.05) is 12.6 Å². The summed E-state index contributed by atoms with van der Waals surface area (Å²) >= 11 is 0. The van der Waals surface area contributed by atoms with E-state index < -0.39 is 5.97 Å². The van der Waals surface area contributed by atoms with Crippen LogP contribution in [-0.2, 0) is 0 Å². The highest BCUT2D eigenvalue weighted by molar-refractivity contribution is 5.85. The minimum Gasteiger partial charge on any atom is -0.395 e. The van der Waals surface area contributed by atoms with Crippen molar-refractivity contribution in [3.8, 4) is 0 Å². The number of hydrogen-bond donors (Lipinski definition) is 3. The maximum absolute atomic E-state index is 12.3. The fourth-order valence-corrected chi connectivity index (χ4v) is 0.533. The molecule has 6 heteroatoms. The molecule has 0 unspecified atom stereocenters. The lowest BCUT2D eigenvalue weighted by Crippen LogP contribution is -2.44. The molecule has 0 aromatic heterocycles. The Morgan fingerprint density at radius 3 is 3.36 bits per heavy atom. The summed E-state index contributed by atoms with van der Waals surface area (Å²) in [6.07, 6.45) is 3.46. The van der Waals surface area contributed by atoms with Crippen molar-refractivity contribution >= 4 is 5.97 Å². The molecule has 0 saturated heterocycles. The van der Waals surface area contributed by atoms with Crippen LogP contribution >= 0.6 is 0 Å². The summed E-state index contributed by atoms with van der Waals surface area (Å²) in [5.74, 6) is -0.644. The molecule has 0 aromatic carbocycles. The van der Waals surface area contributed by atoms with Crippen LogP contribution in [0.3, 0.4) is 0 Å². The van der Waals surface area contributed by atoms with E-state index in [4.69, 9.17) is 5.11 Å². The van der Waals surface area contributed by atoms with Crippen molar-refractivity contribution in [1.82, 2.24) is 16.1 Å². The van der Waals surface area contributed by atoms with Gasteiger partial charge in [-0.15, -0.1) is 10.3 Å². The van der Waals surface area contributed by atoms with E-state index in [2.05, 4.69) is 22.2 Å². The fraction of sp³-hybridized carbons (Fsp3) is 0.400. The van der Waals surface area contributed by atoms with Gasteiger partial charge in [-0.05, 0) is 0 Å². The summed E-state index contributed by atoms with van der Waals surface area (Å²) < 4.78 is 12.3. The number of halogens is 1. The topological polar surface area (TPSA) is 59.9 Å². The molecule has 5 nitrogen and oxygen atoms in total. The summed E-state index contributed by atoms with van der Waals surface area (Å²) in [4.78, 5) is 0. The molecule has 0 aromatic rings. The summed E-state index contributed by atoms with van der Waals surface area (Å²) in [6, 6.07) is 0. The van der Waals surface area contributed by atoms with Crippen molar-refractivity contribution < 1.29 is 9.50 Å². The van der Waals surface area contributed by atoms with Crippen LogP contribution in [0.1, 0.15) is 0 Å². The van der Waals surface area contributed by atoms with Crippen LogP contribution in [0, 0.1) is 6.20 Å². The van der Waals surface area contributed by atoms with E-state index in [1.54, 1.807) is 0 Å². The first-order valence-corrected chi connectivity index (χ1v) is 3.06. The molecule has 0 fully saturated rings. The third-order valence-electron chi connectivity index (χ3n) is 0.931. The zero-order chi connectivity index (χ0) is 8.10. The molecule has 3 N–H and O–H groups in total. The Hall–Kier alpha value is -1.14. The zero-order valence-electron chi connectivity index (χ0n) is 5.71.